The van der Waals surface area contributed by atoms with Gasteiger partial charge in [0.05, 0.1) is 0 Å². The standard InChI is InChI=1S/C59H104O6/c1-4-7-10-13-16-19-22-25-28-29-32-34-37-40-43-46-49-52-58(61)64-55-56(65-59(62)53-50-47-44-41-38-35-31-27-24-21-18-15-12-9-6-3)54-63-57(60)51-48-45-42-39-36-33-30-26-23-20-17-14-11-8-5-2/h7,10,16,19,21,24-25,28,32,34,56H,4-6,8-9,11-15,17-18,20,22-23,26-27,29-31,33,35-55H2,1-3H3/b10-7-,19-16-,24-21-,28-25-,34-32-/t56-/m0/s1. The molecular formula is C59H104O6. The highest BCUT2D eigenvalue weighted by Gasteiger charge is 2.19. The summed E-state index contributed by atoms with van der Waals surface area (Å²) in [6.07, 6.45) is 66.3. The zero-order valence-corrected chi connectivity index (χ0v) is 43.0. The van der Waals surface area contributed by atoms with Gasteiger partial charge < -0.3 is 14.2 Å². The first kappa shape index (κ1) is 62.1. The van der Waals surface area contributed by atoms with Gasteiger partial charge in [0.15, 0.2) is 6.10 Å². The van der Waals surface area contributed by atoms with Crippen LogP contribution in [0.15, 0.2) is 60.8 Å². The molecule has 0 aromatic carbocycles. The number of hydrogen-bond donors (Lipinski definition) is 0. The summed E-state index contributed by atoms with van der Waals surface area (Å²) in [7, 11) is 0. The highest BCUT2D eigenvalue weighted by molar-refractivity contribution is 5.71. The van der Waals surface area contributed by atoms with Gasteiger partial charge in [-0.15, -0.1) is 0 Å². The molecule has 0 unspecified atom stereocenters. The van der Waals surface area contributed by atoms with Crippen molar-refractivity contribution in [2.24, 2.45) is 0 Å². The molecule has 0 aliphatic heterocycles. The third kappa shape index (κ3) is 51.9. The fraction of sp³-hybridized carbons (Fsp3) is 0.780. The van der Waals surface area contributed by atoms with Crippen molar-refractivity contribution in [2.75, 3.05) is 13.2 Å². The number of rotatable bonds is 50. The molecule has 0 aromatic heterocycles. The lowest BCUT2D eigenvalue weighted by atomic mass is 10.0. The molecule has 6 heteroatoms. The van der Waals surface area contributed by atoms with Crippen molar-refractivity contribution in [3.8, 4) is 0 Å². The molecule has 0 rings (SSSR count). The Morgan fingerprint density at radius 1 is 0.323 bits per heavy atom. The lowest BCUT2D eigenvalue weighted by Gasteiger charge is -2.18. The van der Waals surface area contributed by atoms with Gasteiger partial charge in [-0.2, -0.15) is 0 Å². The average Bonchev–Trinajstić information content (AvgIpc) is 3.30. The van der Waals surface area contributed by atoms with Gasteiger partial charge in [0.2, 0.25) is 0 Å². The lowest BCUT2D eigenvalue weighted by Crippen LogP contribution is -2.30. The van der Waals surface area contributed by atoms with Crippen molar-refractivity contribution in [1.29, 1.82) is 0 Å². The number of hydrogen-bond acceptors (Lipinski definition) is 6. The summed E-state index contributed by atoms with van der Waals surface area (Å²) in [6.45, 7) is 6.51. The highest BCUT2D eigenvalue weighted by atomic mass is 16.6. The van der Waals surface area contributed by atoms with Crippen molar-refractivity contribution in [2.45, 2.75) is 284 Å². The summed E-state index contributed by atoms with van der Waals surface area (Å²) in [5, 5.41) is 0. The van der Waals surface area contributed by atoms with E-state index < -0.39 is 6.10 Å². The molecule has 376 valence electrons. The van der Waals surface area contributed by atoms with E-state index >= 15 is 0 Å². The Morgan fingerprint density at radius 2 is 0.600 bits per heavy atom. The van der Waals surface area contributed by atoms with Crippen molar-refractivity contribution in [1.82, 2.24) is 0 Å². The van der Waals surface area contributed by atoms with E-state index in [9.17, 15) is 14.4 Å². The second-order valence-corrected chi connectivity index (χ2v) is 18.5. The smallest absolute Gasteiger partial charge is 0.306 e. The fourth-order valence-electron chi connectivity index (χ4n) is 7.84. The number of esters is 3. The Kier molecular flexibility index (Phi) is 51.3. The van der Waals surface area contributed by atoms with Gasteiger partial charge in [-0.1, -0.05) is 236 Å². The maximum absolute atomic E-state index is 12.8. The highest BCUT2D eigenvalue weighted by Crippen LogP contribution is 2.16. The molecule has 0 fully saturated rings. The molecule has 0 aliphatic carbocycles. The number of allylic oxidation sites excluding steroid dienone is 10. The average molecular weight is 909 g/mol. The van der Waals surface area contributed by atoms with Gasteiger partial charge in [0.1, 0.15) is 13.2 Å². The molecule has 0 spiro atoms. The van der Waals surface area contributed by atoms with Gasteiger partial charge in [-0.3, -0.25) is 14.4 Å². The first-order chi connectivity index (χ1) is 32.0. The number of ether oxygens (including phenoxy) is 3. The van der Waals surface area contributed by atoms with Gasteiger partial charge >= 0.3 is 17.9 Å². The fourth-order valence-corrected chi connectivity index (χ4v) is 7.84. The molecule has 0 saturated heterocycles. The first-order valence-corrected chi connectivity index (χ1v) is 27.8. The maximum Gasteiger partial charge on any atom is 0.306 e. The van der Waals surface area contributed by atoms with E-state index in [1.54, 1.807) is 0 Å². The predicted molar refractivity (Wildman–Crippen MR) is 279 cm³/mol. The third-order valence-electron chi connectivity index (χ3n) is 12.0. The Morgan fingerprint density at radius 3 is 0.969 bits per heavy atom. The summed E-state index contributed by atoms with van der Waals surface area (Å²) >= 11 is 0. The van der Waals surface area contributed by atoms with Crippen LogP contribution in [0.1, 0.15) is 278 Å². The van der Waals surface area contributed by atoms with Crippen LogP contribution in [0.3, 0.4) is 0 Å². The predicted octanol–water partition coefficient (Wildman–Crippen LogP) is 18.4. The van der Waals surface area contributed by atoms with Crippen LogP contribution in [-0.2, 0) is 28.6 Å². The molecule has 0 heterocycles. The minimum atomic E-state index is -0.784. The largest absolute Gasteiger partial charge is 0.462 e. The second-order valence-electron chi connectivity index (χ2n) is 18.5. The molecule has 0 bridgehead atoms. The molecule has 0 amide bonds. The number of carbonyl (C=O) groups excluding carboxylic acids is 3. The lowest BCUT2D eigenvalue weighted by molar-refractivity contribution is -0.167. The van der Waals surface area contributed by atoms with Crippen LogP contribution in [-0.4, -0.2) is 37.2 Å². The van der Waals surface area contributed by atoms with Crippen molar-refractivity contribution in [3.05, 3.63) is 60.8 Å². The second kappa shape index (κ2) is 53.7. The van der Waals surface area contributed by atoms with E-state index in [2.05, 4.69) is 81.5 Å². The van der Waals surface area contributed by atoms with Gasteiger partial charge in [-0.25, -0.2) is 0 Å². The van der Waals surface area contributed by atoms with Crippen LogP contribution in [0, 0.1) is 0 Å². The van der Waals surface area contributed by atoms with Crippen molar-refractivity contribution in [3.63, 3.8) is 0 Å². The van der Waals surface area contributed by atoms with Crippen LogP contribution in [0.25, 0.3) is 0 Å². The van der Waals surface area contributed by atoms with E-state index in [0.717, 1.165) is 96.3 Å². The summed E-state index contributed by atoms with van der Waals surface area (Å²) < 4.78 is 16.8. The summed E-state index contributed by atoms with van der Waals surface area (Å²) in [5.74, 6) is -0.900. The molecule has 0 aliphatic rings. The summed E-state index contributed by atoms with van der Waals surface area (Å²) in [5.41, 5.74) is 0. The zero-order valence-electron chi connectivity index (χ0n) is 43.0. The number of carbonyl (C=O) groups is 3. The number of unbranched alkanes of at least 4 members (excludes halogenated alkanes) is 29. The quantitative estimate of drug-likeness (QED) is 0.0262. The minimum Gasteiger partial charge on any atom is -0.462 e. The van der Waals surface area contributed by atoms with Crippen LogP contribution in [0.4, 0.5) is 0 Å². The molecular weight excluding hydrogens is 805 g/mol. The van der Waals surface area contributed by atoms with Crippen LogP contribution in [0.5, 0.6) is 0 Å². The normalized spacial score (nSPS) is 12.5. The Hall–Kier alpha value is -2.89. The molecule has 0 radical (unpaired) electrons. The van der Waals surface area contributed by atoms with Crippen LogP contribution >= 0.6 is 0 Å². The molecule has 6 nitrogen and oxygen atoms in total. The third-order valence-corrected chi connectivity index (χ3v) is 12.0. The van der Waals surface area contributed by atoms with Crippen molar-refractivity contribution >= 4 is 17.9 Å². The maximum atomic E-state index is 12.8. The first-order valence-electron chi connectivity index (χ1n) is 27.8. The van der Waals surface area contributed by atoms with Crippen LogP contribution in [0.2, 0.25) is 0 Å². The van der Waals surface area contributed by atoms with E-state index in [1.807, 2.05) is 0 Å². The van der Waals surface area contributed by atoms with Gasteiger partial charge in [0, 0.05) is 19.3 Å². The van der Waals surface area contributed by atoms with Crippen LogP contribution < -0.4 is 0 Å². The Labute approximate surface area is 402 Å². The Balaban J connectivity index is 4.41. The Bertz CT molecular complexity index is 1180. The minimum absolute atomic E-state index is 0.0814. The summed E-state index contributed by atoms with van der Waals surface area (Å²) in [6, 6.07) is 0. The zero-order chi connectivity index (χ0) is 47.2. The monoisotopic (exact) mass is 909 g/mol. The SMILES string of the molecule is CC/C=C\C/C=C\C/C=C\C/C=C\CCCCCCC(=O)OC[C@H](COC(=O)CCCCCCCCCCCCCCCCC)OC(=O)CCCCCCCCC/C=C\CCCCCC. The topological polar surface area (TPSA) is 78.9 Å². The molecule has 0 aromatic rings. The van der Waals surface area contributed by atoms with E-state index in [1.165, 1.54) is 141 Å². The molecule has 0 saturated carbocycles. The van der Waals surface area contributed by atoms with Gasteiger partial charge in [-0.05, 0) is 83.5 Å². The molecule has 1 atom stereocenters. The van der Waals surface area contributed by atoms with E-state index in [0.29, 0.717) is 19.3 Å². The van der Waals surface area contributed by atoms with E-state index in [-0.39, 0.29) is 31.1 Å². The molecule has 65 heavy (non-hydrogen) atoms. The summed E-state index contributed by atoms with van der Waals surface area (Å²) in [4.78, 5) is 38.1. The van der Waals surface area contributed by atoms with E-state index in [4.69, 9.17) is 14.2 Å². The molecule has 0 N–H and O–H groups in total. The van der Waals surface area contributed by atoms with Gasteiger partial charge in [0.25, 0.3) is 0 Å². The van der Waals surface area contributed by atoms with Crippen molar-refractivity contribution < 1.29 is 28.6 Å².